The highest BCUT2D eigenvalue weighted by Crippen LogP contribution is 2.36. The highest BCUT2D eigenvalue weighted by atomic mass is 32.1. The SMILES string of the molecule is CCN1C(=O)NC(c2ccsc2)C2=C1CN(CC(=O)NCC1CC1)C2=O. The minimum Gasteiger partial charge on any atom is -0.354 e. The van der Waals surface area contributed by atoms with Crippen LogP contribution in [0.5, 0.6) is 0 Å². The van der Waals surface area contributed by atoms with Crippen molar-refractivity contribution in [1.82, 2.24) is 20.4 Å². The summed E-state index contributed by atoms with van der Waals surface area (Å²) in [4.78, 5) is 40.8. The van der Waals surface area contributed by atoms with Crippen LogP contribution in [-0.2, 0) is 9.59 Å². The molecule has 3 heterocycles. The zero-order chi connectivity index (χ0) is 18.3. The highest BCUT2D eigenvalue weighted by Gasteiger charge is 2.44. The number of urea groups is 1. The number of thiophene rings is 1. The van der Waals surface area contributed by atoms with Gasteiger partial charge in [0.2, 0.25) is 5.91 Å². The number of nitrogens with zero attached hydrogens (tertiary/aromatic N) is 2. The van der Waals surface area contributed by atoms with Crippen LogP contribution in [0.25, 0.3) is 0 Å². The predicted octanol–water partition coefficient (Wildman–Crippen LogP) is 1.46. The molecule has 8 heteroatoms. The number of rotatable bonds is 6. The Morgan fingerprint density at radius 3 is 2.85 bits per heavy atom. The Morgan fingerprint density at radius 1 is 1.38 bits per heavy atom. The van der Waals surface area contributed by atoms with E-state index in [1.54, 1.807) is 4.90 Å². The minimum absolute atomic E-state index is 0.0284. The third-order valence-corrected chi connectivity index (χ3v) is 5.81. The van der Waals surface area contributed by atoms with Crippen LogP contribution in [0.3, 0.4) is 0 Å². The number of hydrogen-bond donors (Lipinski definition) is 2. The van der Waals surface area contributed by atoms with Crippen molar-refractivity contribution in [2.75, 3.05) is 26.2 Å². The molecule has 0 radical (unpaired) electrons. The van der Waals surface area contributed by atoms with Crippen LogP contribution in [0.2, 0.25) is 0 Å². The number of carbonyl (C=O) groups is 3. The van der Waals surface area contributed by atoms with Crippen molar-refractivity contribution in [3.05, 3.63) is 33.7 Å². The molecule has 1 fully saturated rings. The third kappa shape index (κ3) is 3.09. The lowest BCUT2D eigenvalue weighted by Crippen LogP contribution is -2.47. The molecule has 138 valence electrons. The van der Waals surface area contributed by atoms with E-state index in [2.05, 4.69) is 10.6 Å². The summed E-state index contributed by atoms with van der Waals surface area (Å²) in [7, 11) is 0. The molecule has 1 atom stereocenters. The van der Waals surface area contributed by atoms with Crippen molar-refractivity contribution in [3.8, 4) is 0 Å². The normalized spacial score (nSPS) is 22.6. The number of hydrogen-bond acceptors (Lipinski definition) is 4. The molecule has 3 aliphatic rings. The van der Waals surface area contributed by atoms with E-state index >= 15 is 0 Å². The van der Waals surface area contributed by atoms with Gasteiger partial charge in [-0.1, -0.05) is 0 Å². The maximum atomic E-state index is 13.0. The number of carbonyl (C=O) groups excluding carboxylic acids is 3. The lowest BCUT2D eigenvalue weighted by molar-refractivity contribution is -0.131. The molecular weight excluding hydrogens is 352 g/mol. The standard InChI is InChI=1S/C18H22N4O3S/c1-2-22-13-8-21(9-14(23)19-7-11-3-4-11)17(24)15(13)16(20-18(22)25)12-5-6-26-10-12/h5-6,10-11,16H,2-4,7-9H2,1H3,(H,19,23)(H,20,25). The smallest absolute Gasteiger partial charge is 0.322 e. The molecule has 1 aromatic heterocycles. The summed E-state index contributed by atoms with van der Waals surface area (Å²) < 4.78 is 0. The molecule has 4 amide bonds. The molecule has 4 rings (SSSR count). The minimum atomic E-state index is -0.446. The van der Waals surface area contributed by atoms with Crippen molar-refractivity contribution in [2.45, 2.75) is 25.8 Å². The fourth-order valence-corrected chi connectivity index (χ4v) is 4.20. The summed E-state index contributed by atoms with van der Waals surface area (Å²) in [5.74, 6) is 0.288. The highest BCUT2D eigenvalue weighted by molar-refractivity contribution is 7.08. The predicted molar refractivity (Wildman–Crippen MR) is 97.3 cm³/mol. The van der Waals surface area contributed by atoms with Crippen LogP contribution in [0.1, 0.15) is 31.4 Å². The fraction of sp³-hybridized carbons (Fsp3) is 0.500. The number of likely N-dealkylation sites (N-methyl/N-ethyl adjacent to an activating group) is 1. The van der Waals surface area contributed by atoms with E-state index in [4.69, 9.17) is 0 Å². The van der Waals surface area contributed by atoms with E-state index in [9.17, 15) is 14.4 Å². The molecule has 0 bridgehead atoms. The summed E-state index contributed by atoms with van der Waals surface area (Å²) in [5, 5.41) is 9.70. The Morgan fingerprint density at radius 2 is 2.19 bits per heavy atom. The molecule has 0 spiro atoms. The van der Waals surface area contributed by atoms with Gasteiger partial charge in [-0.15, -0.1) is 0 Å². The second kappa shape index (κ2) is 6.75. The van der Waals surface area contributed by atoms with Crippen molar-refractivity contribution >= 4 is 29.2 Å². The second-order valence-corrected chi connectivity index (χ2v) is 7.73. The summed E-state index contributed by atoms with van der Waals surface area (Å²) in [6, 6.07) is 1.27. The molecule has 1 unspecified atom stereocenters. The van der Waals surface area contributed by atoms with E-state index in [1.165, 1.54) is 29.1 Å². The van der Waals surface area contributed by atoms with Crippen LogP contribution in [0, 0.1) is 5.92 Å². The molecule has 2 N–H and O–H groups in total. The summed E-state index contributed by atoms with van der Waals surface area (Å²) >= 11 is 1.53. The Bertz CT molecular complexity index is 769. The quantitative estimate of drug-likeness (QED) is 0.791. The summed E-state index contributed by atoms with van der Waals surface area (Å²) in [5.41, 5.74) is 2.20. The first-order valence-corrected chi connectivity index (χ1v) is 9.92. The van der Waals surface area contributed by atoms with Crippen molar-refractivity contribution in [3.63, 3.8) is 0 Å². The van der Waals surface area contributed by atoms with Crippen molar-refractivity contribution in [2.24, 2.45) is 5.92 Å². The summed E-state index contributed by atoms with van der Waals surface area (Å²) in [6.45, 7) is 3.38. The van der Waals surface area contributed by atoms with Gasteiger partial charge in [0.25, 0.3) is 5.91 Å². The second-order valence-electron chi connectivity index (χ2n) is 6.95. The Kier molecular flexibility index (Phi) is 4.44. The van der Waals surface area contributed by atoms with Crippen LogP contribution in [-0.4, -0.2) is 53.8 Å². The van der Waals surface area contributed by atoms with Gasteiger partial charge in [0.05, 0.1) is 23.9 Å². The molecular formula is C18H22N4O3S. The van der Waals surface area contributed by atoms with Crippen LogP contribution < -0.4 is 10.6 Å². The Labute approximate surface area is 156 Å². The van der Waals surface area contributed by atoms with Gasteiger partial charge in [0.15, 0.2) is 0 Å². The number of nitrogens with one attached hydrogen (secondary N) is 2. The van der Waals surface area contributed by atoms with Gasteiger partial charge in [-0.05, 0) is 48.1 Å². The van der Waals surface area contributed by atoms with E-state index < -0.39 is 6.04 Å². The van der Waals surface area contributed by atoms with E-state index in [1.807, 2.05) is 23.8 Å². The molecule has 1 aromatic rings. The van der Waals surface area contributed by atoms with E-state index in [0.717, 1.165) is 5.56 Å². The van der Waals surface area contributed by atoms with E-state index in [-0.39, 0.29) is 24.4 Å². The molecule has 1 aliphatic carbocycles. The van der Waals surface area contributed by atoms with Gasteiger partial charge in [-0.25, -0.2) is 4.79 Å². The zero-order valence-electron chi connectivity index (χ0n) is 14.7. The average Bonchev–Trinajstić information content (AvgIpc) is 3.18. The van der Waals surface area contributed by atoms with Gasteiger partial charge >= 0.3 is 6.03 Å². The van der Waals surface area contributed by atoms with Gasteiger partial charge in [0.1, 0.15) is 6.54 Å². The van der Waals surface area contributed by atoms with Gasteiger partial charge < -0.3 is 15.5 Å². The average molecular weight is 374 g/mol. The van der Waals surface area contributed by atoms with Crippen LogP contribution in [0.15, 0.2) is 28.1 Å². The lowest BCUT2D eigenvalue weighted by Gasteiger charge is -2.32. The van der Waals surface area contributed by atoms with Gasteiger partial charge in [-0.3, -0.25) is 14.5 Å². The maximum absolute atomic E-state index is 13.0. The zero-order valence-corrected chi connectivity index (χ0v) is 15.5. The lowest BCUT2D eigenvalue weighted by atomic mass is 9.98. The molecule has 0 aromatic carbocycles. The van der Waals surface area contributed by atoms with E-state index in [0.29, 0.717) is 36.8 Å². The van der Waals surface area contributed by atoms with Crippen LogP contribution in [0.4, 0.5) is 4.79 Å². The summed E-state index contributed by atoms with van der Waals surface area (Å²) in [6.07, 6.45) is 2.33. The molecule has 7 nitrogen and oxygen atoms in total. The molecule has 1 saturated carbocycles. The first-order chi connectivity index (χ1) is 12.6. The van der Waals surface area contributed by atoms with Gasteiger partial charge in [-0.2, -0.15) is 11.3 Å². The molecule has 26 heavy (non-hydrogen) atoms. The fourth-order valence-electron chi connectivity index (χ4n) is 3.51. The van der Waals surface area contributed by atoms with Crippen LogP contribution >= 0.6 is 11.3 Å². The van der Waals surface area contributed by atoms with Crippen molar-refractivity contribution < 1.29 is 14.4 Å². The Balaban J connectivity index is 1.54. The number of amides is 4. The Hall–Kier alpha value is -2.35. The third-order valence-electron chi connectivity index (χ3n) is 5.11. The van der Waals surface area contributed by atoms with Crippen molar-refractivity contribution in [1.29, 1.82) is 0 Å². The molecule has 0 saturated heterocycles. The maximum Gasteiger partial charge on any atom is 0.322 e. The topological polar surface area (TPSA) is 81.8 Å². The van der Waals surface area contributed by atoms with Gasteiger partial charge in [0, 0.05) is 13.1 Å². The monoisotopic (exact) mass is 374 g/mol. The molecule has 2 aliphatic heterocycles. The first-order valence-electron chi connectivity index (χ1n) is 8.97. The largest absolute Gasteiger partial charge is 0.354 e. The first kappa shape index (κ1) is 17.1.